The Balaban J connectivity index is 1.31. The van der Waals surface area contributed by atoms with Crippen LogP contribution in [0.15, 0.2) is 0 Å². The fourth-order valence-corrected chi connectivity index (χ4v) is 3.43. The number of nitrogens with zero attached hydrogens (tertiary/aromatic N) is 1. The van der Waals surface area contributed by atoms with Crippen molar-refractivity contribution in [1.82, 2.24) is 15.5 Å². The van der Waals surface area contributed by atoms with Crippen molar-refractivity contribution in [2.24, 2.45) is 11.3 Å². The summed E-state index contributed by atoms with van der Waals surface area (Å²) in [5, 5.41) is 6.40. The number of carbonyl (C=O) groups excluding carboxylic acids is 1. The smallest absolute Gasteiger partial charge is 0.223 e. The van der Waals surface area contributed by atoms with E-state index in [9.17, 15) is 4.79 Å². The Bertz CT molecular complexity index is 287. The molecule has 96 valence electrons. The van der Waals surface area contributed by atoms with Crippen LogP contribution in [0, 0.1) is 11.3 Å². The van der Waals surface area contributed by atoms with Crippen LogP contribution in [-0.4, -0.2) is 50.1 Å². The first-order chi connectivity index (χ1) is 8.27. The minimum atomic E-state index is 0.293. The number of carbonyl (C=O) groups is 1. The van der Waals surface area contributed by atoms with E-state index in [1.165, 1.54) is 25.9 Å². The summed E-state index contributed by atoms with van der Waals surface area (Å²) in [5.41, 5.74) is 0.511. The number of hydrogen-bond donors (Lipinski definition) is 2. The van der Waals surface area contributed by atoms with Gasteiger partial charge < -0.3 is 15.5 Å². The Kier molecular flexibility index (Phi) is 3.09. The number of amides is 1. The lowest BCUT2D eigenvalue weighted by atomic mass is 9.58. The molecule has 3 aliphatic rings. The third-order valence-corrected chi connectivity index (χ3v) is 4.66. The maximum atomic E-state index is 11.9. The van der Waals surface area contributed by atoms with Crippen LogP contribution in [0.5, 0.6) is 0 Å². The molecule has 1 aliphatic carbocycles. The van der Waals surface area contributed by atoms with E-state index in [0.29, 0.717) is 17.2 Å². The molecule has 2 heterocycles. The van der Waals surface area contributed by atoms with E-state index in [0.717, 1.165) is 39.0 Å². The van der Waals surface area contributed by atoms with Crippen molar-refractivity contribution in [2.45, 2.75) is 25.7 Å². The number of hydrogen-bond acceptors (Lipinski definition) is 3. The van der Waals surface area contributed by atoms with Crippen molar-refractivity contribution in [3.05, 3.63) is 0 Å². The van der Waals surface area contributed by atoms with Crippen molar-refractivity contribution in [2.75, 3.05) is 39.3 Å². The Morgan fingerprint density at radius 2 is 2.00 bits per heavy atom. The summed E-state index contributed by atoms with van der Waals surface area (Å²) in [6.45, 7) is 6.56. The molecule has 0 aromatic rings. The molecule has 0 unspecified atom stereocenters. The van der Waals surface area contributed by atoms with Gasteiger partial charge in [0, 0.05) is 32.1 Å². The Morgan fingerprint density at radius 3 is 2.59 bits per heavy atom. The highest BCUT2D eigenvalue weighted by molar-refractivity contribution is 5.79. The van der Waals surface area contributed by atoms with E-state index in [1.807, 2.05) is 0 Å². The van der Waals surface area contributed by atoms with Gasteiger partial charge in [0.1, 0.15) is 0 Å². The highest BCUT2D eigenvalue weighted by Gasteiger charge is 2.50. The Morgan fingerprint density at radius 1 is 1.29 bits per heavy atom. The van der Waals surface area contributed by atoms with Crippen molar-refractivity contribution in [3.8, 4) is 0 Å². The van der Waals surface area contributed by atoms with Gasteiger partial charge in [-0.25, -0.2) is 0 Å². The predicted molar refractivity (Wildman–Crippen MR) is 66.7 cm³/mol. The highest BCUT2D eigenvalue weighted by Crippen LogP contribution is 2.48. The zero-order valence-electron chi connectivity index (χ0n) is 10.5. The summed E-state index contributed by atoms with van der Waals surface area (Å²) in [6.07, 6.45) is 4.86. The molecule has 17 heavy (non-hydrogen) atoms. The van der Waals surface area contributed by atoms with Crippen LogP contribution in [0.25, 0.3) is 0 Å². The average Bonchev–Trinajstić information content (AvgIpc) is 2.66. The summed E-state index contributed by atoms with van der Waals surface area (Å²) in [5.74, 6) is 0.595. The molecule has 3 fully saturated rings. The largest absolute Gasteiger partial charge is 0.355 e. The molecule has 0 atom stereocenters. The van der Waals surface area contributed by atoms with Crippen molar-refractivity contribution in [1.29, 1.82) is 0 Å². The van der Waals surface area contributed by atoms with Crippen LogP contribution in [0.4, 0.5) is 0 Å². The zero-order chi connectivity index (χ0) is 11.7. The SMILES string of the molecule is O=C(NCCN1CCCC1)C1CC2(CNC2)C1. The van der Waals surface area contributed by atoms with Gasteiger partial charge in [0.2, 0.25) is 5.91 Å². The van der Waals surface area contributed by atoms with E-state index in [2.05, 4.69) is 15.5 Å². The molecule has 0 bridgehead atoms. The minimum Gasteiger partial charge on any atom is -0.355 e. The summed E-state index contributed by atoms with van der Waals surface area (Å²) in [6, 6.07) is 0. The van der Waals surface area contributed by atoms with Gasteiger partial charge in [-0.15, -0.1) is 0 Å². The fourth-order valence-electron chi connectivity index (χ4n) is 3.43. The van der Waals surface area contributed by atoms with Gasteiger partial charge in [0.15, 0.2) is 0 Å². The van der Waals surface area contributed by atoms with Gasteiger partial charge in [-0.05, 0) is 44.2 Å². The first-order valence-electron chi connectivity index (χ1n) is 6.98. The molecular formula is C13H23N3O. The highest BCUT2D eigenvalue weighted by atomic mass is 16.1. The van der Waals surface area contributed by atoms with E-state index >= 15 is 0 Å². The van der Waals surface area contributed by atoms with Crippen LogP contribution in [-0.2, 0) is 4.79 Å². The molecule has 4 nitrogen and oxygen atoms in total. The van der Waals surface area contributed by atoms with E-state index in [4.69, 9.17) is 0 Å². The summed E-state index contributed by atoms with van der Waals surface area (Å²) < 4.78 is 0. The Labute approximate surface area is 103 Å². The summed E-state index contributed by atoms with van der Waals surface area (Å²) >= 11 is 0. The third-order valence-electron chi connectivity index (χ3n) is 4.66. The van der Waals surface area contributed by atoms with Gasteiger partial charge in [0.25, 0.3) is 0 Å². The second-order valence-electron chi connectivity index (χ2n) is 6.05. The number of nitrogens with one attached hydrogen (secondary N) is 2. The monoisotopic (exact) mass is 237 g/mol. The van der Waals surface area contributed by atoms with E-state index in [1.54, 1.807) is 0 Å². The molecule has 4 heteroatoms. The van der Waals surface area contributed by atoms with Gasteiger partial charge in [-0.2, -0.15) is 0 Å². The third kappa shape index (κ3) is 2.33. The quantitative estimate of drug-likeness (QED) is 0.734. The molecular weight excluding hydrogens is 214 g/mol. The topological polar surface area (TPSA) is 44.4 Å². The lowest BCUT2D eigenvalue weighted by Gasteiger charge is -2.53. The molecule has 3 rings (SSSR count). The molecule has 1 amide bonds. The summed E-state index contributed by atoms with van der Waals surface area (Å²) in [7, 11) is 0. The molecule has 0 radical (unpaired) electrons. The van der Waals surface area contributed by atoms with E-state index in [-0.39, 0.29) is 0 Å². The minimum absolute atomic E-state index is 0.293. The van der Waals surface area contributed by atoms with Crippen molar-refractivity contribution < 1.29 is 4.79 Å². The lowest BCUT2D eigenvalue weighted by Crippen LogP contribution is -2.62. The molecule has 1 spiro atoms. The van der Waals surface area contributed by atoms with Gasteiger partial charge in [-0.3, -0.25) is 4.79 Å². The standard InChI is InChI=1S/C13H23N3O/c17-12(11-7-13(8-11)9-14-10-13)15-3-6-16-4-1-2-5-16/h11,14H,1-10H2,(H,15,17). The van der Waals surface area contributed by atoms with Crippen molar-refractivity contribution >= 4 is 5.91 Å². The molecule has 2 N–H and O–H groups in total. The van der Waals surface area contributed by atoms with Gasteiger partial charge >= 0.3 is 0 Å². The molecule has 2 saturated heterocycles. The predicted octanol–water partition coefficient (Wildman–Crippen LogP) is 0.198. The fraction of sp³-hybridized carbons (Fsp3) is 0.923. The average molecular weight is 237 g/mol. The number of likely N-dealkylation sites (tertiary alicyclic amines) is 1. The van der Waals surface area contributed by atoms with E-state index < -0.39 is 0 Å². The molecule has 0 aromatic carbocycles. The molecule has 2 aliphatic heterocycles. The van der Waals surface area contributed by atoms with Crippen LogP contribution >= 0.6 is 0 Å². The lowest BCUT2D eigenvalue weighted by molar-refractivity contribution is -0.134. The van der Waals surface area contributed by atoms with Crippen LogP contribution in [0.2, 0.25) is 0 Å². The molecule has 0 aromatic heterocycles. The zero-order valence-corrected chi connectivity index (χ0v) is 10.5. The Hall–Kier alpha value is -0.610. The van der Waals surface area contributed by atoms with Gasteiger partial charge in [-0.1, -0.05) is 0 Å². The first-order valence-corrected chi connectivity index (χ1v) is 6.98. The second-order valence-corrected chi connectivity index (χ2v) is 6.05. The van der Waals surface area contributed by atoms with Crippen LogP contribution in [0.1, 0.15) is 25.7 Å². The van der Waals surface area contributed by atoms with Crippen LogP contribution < -0.4 is 10.6 Å². The summed E-state index contributed by atoms with van der Waals surface area (Å²) in [4.78, 5) is 14.3. The van der Waals surface area contributed by atoms with Crippen LogP contribution in [0.3, 0.4) is 0 Å². The maximum Gasteiger partial charge on any atom is 0.223 e. The number of rotatable bonds is 4. The maximum absolute atomic E-state index is 11.9. The first kappa shape index (κ1) is 11.5. The molecule has 1 saturated carbocycles. The normalized spacial score (nSPS) is 27.8. The second kappa shape index (κ2) is 4.58. The van der Waals surface area contributed by atoms with Crippen molar-refractivity contribution in [3.63, 3.8) is 0 Å². The van der Waals surface area contributed by atoms with Gasteiger partial charge in [0.05, 0.1) is 0 Å².